The number of aromatic nitrogens is 2. The third kappa shape index (κ3) is 4.17. The Hall–Kier alpha value is -2.19. The standard InChI is InChI=1S/C15H20N4O3S/c1-4-12-5-7-13(8-6-12)17-14(20)9-16-23(21,22)15-10(2)18-19-11(15)3/h5-8,16H,4,9H2,1-3H3,(H,17,20)(H,18,19). The molecule has 0 saturated carbocycles. The van der Waals surface area contributed by atoms with E-state index in [2.05, 4.69) is 20.2 Å². The number of rotatable bonds is 6. The van der Waals surface area contributed by atoms with Crippen LogP contribution in [0.2, 0.25) is 0 Å². The molecule has 3 N–H and O–H groups in total. The molecule has 7 nitrogen and oxygen atoms in total. The molecule has 1 amide bonds. The van der Waals surface area contributed by atoms with Crippen LogP contribution in [0.15, 0.2) is 29.2 Å². The van der Waals surface area contributed by atoms with Crippen LogP contribution in [0, 0.1) is 13.8 Å². The SMILES string of the molecule is CCc1ccc(NC(=O)CNS(=O)(=O)c2c(C)n[nH]c2C)cc1. The van der Waals surface area contributed by atoms with Gasteiger partial charge in [0, 0.05) is 5.69 Å². The van der Waals surface area contributed by atoms with Gasteiger partial charge in [0.2, 0.25) is 15.9 Å². The van der Waals surface area contributed by atoms with Crippen LogP contribution in [0.3, 0.4) is 0 Å². The highest BCUT2D eigenvalue weighted by Crippen LogP contribution is 2.16. The van der Waals surface area contributed by atoms with E-state index < -0.39 is 15.9 Å². The summed E-state index contributed by atoms with van der Waals surface area (Å²) in [5, 5.41) is 9.11. The van der Waals surface area contributed by atoms with Gasteiger partial charge in [-0.3, -0.25) is 9.89 Å². The number of nitrogens with zero attached hydrogens (tertiary/aromatic N) is 1. The average molecular weight is 336 g/mol. The maximum Gasteiger partial charge on any atom is 0.244 e. The predicted octanol–water partition coefficient (Wildman–Crippen LogP) is 1.51. The molecule has 23 heavy (non-hydrogen) atoms. The van der Waals surface area contributed by atoms with Crippen molar-refractivity contribution in [3.8, 4) is 0 Å². The smallest absolute Gasteiger partial charge is 0.244 e. The summed E-state index contributed by atoms with van der Waals surface area (Å²) in [5.41, 5.74) is 2.59. The second-order valence-corrected chi connectivity index (χ2v) is 6.89. The highest BCUT2D eigenvalue weighted by molar-refractivity contribution is 7.89. The zero-order chi connectivity index (χ0) is 17.0. The Kier molecular flexibility index (Phi) is 5.17. The number of aryl methyl sites for hydroxylation is 3. The number of nitrogens with one attached hydrogen (secondary N) is 3. The molecule has 0 bridgehead atoms. The highest BCUT2D eigenvalue weighted by Gasteiger charge is 2.22. The van der Waals surface area contributed by atoms with E-state index in [9.17, 15) is 13.2 Å². The number of amides is 1. The third-order valence-corrected chi connectivity index (χ3v) is 5.06. The largest absolute Gasteiger partial charge is 0.325 e. The fraction of sp³-hybridized carbons (Fsp3) is 0.333. The first-order valence-electron chi connectivity index (χ1n) is 7.23. The molecule has 0 fully saturated rings. The van der Waals surface area contributed by atoms with Gasteiger partial charge in [-0.05, 0) is 38.0 Å². The summed E-state index contributed by atoms with van der Waals surface area (Å²) < 4.78 is 26.7. The van der Waals surface area contributed by atoms with Crippen LogP contribution in [0.5, 0.6) is 0 Å². The van der Waals surface area contributed by atoms with Gasteiger partial charge >= 0.3 is 0 Å². The molecule has 0 aliphatic carbocycles. The molecule has 0 saturated heterocycles. The van der Waals surface area contributed by atoms with Gasteiger partial charge in [-0.2, -0.15) is 5.10 Å². The molecule has 0 aliphatic heterocycles. The summed E-state index contributed by atoms with van der Waals surface area (Å²) in [6.45, 7) is 4.90. The number of anilines is 1. The number of hydrogen-bond donors (Lipinski definition) is 3. The topological polar surface area (TPSA) is 104 Å². The van der Waals surface area contributed by atoms with E-state index in [0.717, 1.165) is 12.0 Å². The first-order chi connectivity index (χ1) is 10.8. The minimum absolute atomic E-state index is 0.0811. The van der Waals surface area contributed by atoms with Crippen LogP contribution in [0.1, 0.15) is 23.9 Å². The summed E-state index contributed by atoms with van der Waals surface area (Å²) in [6.07, 6.45) is 0.914. The number of benzene rings is 1. The van der Waals surface area contributed by atoms with Gasteiger partial charge in [0.15, 0.2) is 0 Å². The van der Waals surface area contributed by atoms with E-state index in [4.69, 9.17) is 0 Å². The highest BCUT2D eigenvalue weighted by atomic mass is 32.2. The van der Waals surface area contributed by atoms with E-state index >= 15 is 0 Å². The van der Waals surface area contributed by atoms with Crippen LogP contribution in [-0.2, 0) is 21.2 Å². The number of aromatic amines is 1. The lowest BCUT2D eigenvalue weighted by Crippen LogP contribution is -2.33. The average Bonchev–Trinajstić information content (AvgIpc) is 2.86. The van der Waals surface area contributed by atoms with E-state index in [1.54, 1.807) is 26.0 Å². The van der Waals surface area contributed by atoms with Crippen molar-refractivity contribution in [1.82, 2.24) is 14.9 Å². The van der Waals surface area contributed by atoms with Crippen LogP contribution in [0.4, 0.5) is 5.69 Å². The molecular formula is C15H20N4O3S. The van der Waals surface area contributed by atoms with E-state index in [1.165, 1.54) is 0 Å². The first-order valence-corrected chi connectivity index (χ1v) is 8.72. The number of carbonyl (C=O) groups is 1. The Balaban J connectivity index is 1.98. The van der Waals surface area contributed by atoms with E-state index in [1.807, 2.05) is 19.1 Å². The molecule has 0 spiro atoms. The van der Waals surface area contributed by atoms with Crippen molar-refractivity contribution in [1.29, 1.82) is 0 Å². The van der Waals surface area contributed by atoms with Crippen molar-refractivity contribution in [2.24, 2.45) is 0 Å². The summed E-state index contributed by atoms with van der Waals surface area (Å²) in [6, 6.07) is 7.40. The molecule has 124 valence electrons. The van der Waals surface area contributed by atoms with Crippen molar-refractivity contribution in [2.75, 3.05) is 11.9 Å². The molecule has 1 aromatic heterocycles. The number of hydrogen-bond acceptors (Lipinski definition) is 4. The molecule has 1 aromatic carbocycles. The second-order valence-electron chi connectivity index (χ2n) is 5.19. The van der Waals surface area contributed by atoms with Crippen LogP contribution in [-0.4, -0.2) is 31.1 Å². The molecule has 0 atom stereocenters. The number of carbonyl (C=O) groups excluding carboxylic acids is 1. The maximum absolute atomic E-state index is 12.2. The number of H-pyrrole nitrogens is 1. The van der Waals surface area contributed by atoms with Crippen LogP contribution < -0.4 is 10.0 Å². The number of sulfonamides is 1. The quantitative estimate of drug-likeness (QED) is 0.743. The lowest BCUT2D eigenvalue weighted by Gasteiger charge is -2.08. The minimum atomic E-state index is -3.78. The Morgan fingerprint density at radius 3 is 2.39 bits per heavy atom. The van der Waals surface area contributed by atoms with Crippen LogP contribution >= 0.6 is 0 Å². The fourth-order valence-electron chi connectivity index (χ4n) is 2.20. The normalized spacial score (nSPS) is 11.4. The Bertz CT molecular complexity index is 775. The molecular weight excluding hydrogens is 316 g/mol. The van der Waals surface area contributed by atoms with Crippen molar-refractivity contribution in [2.45, 2.75) is 32.1 Å². The lowest BCUT2D eigenvalue weighted by atomic mass is 10.1. The summed E-state index contributed by atoms with van der Waals surface area (Å²) in [7, 11) is -3.78. The Labute approximate surface area is 135 Å². The van der Waals surface area contributed by atoms with Crippen LogP contribution in [0.25, 0.3) is 0 Å². The van der Waals surface area contributed by atoms with Crippen molar-refractivity contribution in [3.05, 3.63) is 41.2 Å². The summed E-state index contributed by atoms with van der Waals surface area (Å²) in [4.78, 5) is 12.0. The minimum Gasteiger partial charge on any atom is -0.325 e. The lowest BCUT2D eigenvalue weighted by molar-refractivity contribution is -0.115. The predicted molar refractivity (Wildman–Crippen MR) is 87.7 cm³/mol. The van der Waals surface area contributed by atoms with Crippen molar-refractivity contribution >= 4 is 21.6 Å². The van der Waals surface area contributed by atoms with Gasteiger partial charge < -0.3 is 5.32 Å². The second kappa shape index (κ2) is 6.93. The van der Waals surface area contributed by atoms with Gasteiger partial charge in [-0.15, -0.1) is 0 Å². The zero-order valence-corrected chi connectivity index (χ0v) is 14.1. The van der Waals surface area contributed by atoms with Crippen molar-refractivity contribution in [3.63, 3.8) is 0 Å². The molecule has 1 heterocycles. The molecule has 0 radical (unpaired) electrons. The van der Waals surface area contributed by atoms with Gasteiger partial charge in [0.1, 0.15) is 4.90 Å². The monoisotopic (exact) mass is 336 g/mol. The molecule has 2 aromatic rings. The Morgan fingerprint density at radius 1 is 1.22 bits per heavy atom. The molecule has 8 heteroatoms. The fourth-order valence-corrected chi connectivity index (χ4v) is 3.55. The molecule has 0 unspecified atom stereocenters. The molecule has 0 aliphatic rings. The van der Waals surface area contributed by atoms with E-state index in [0.29, 0.717) is 17.1 Å². The summed E-state index contributed by atoms with van der Waals surface area (Å²) >= 11 is 0. The zero-order valence-electron chi connectivity index (χ0n) is 13.3. The van der Waals surface area contributed by atoms with Gasteiger partial charge in [-0.1, -0.05) is 19.1 Å². The van der Waals surface area contributed by atoms with Gasteiger partial charge in [0.05, 0.1) is 17.9 Å². The van der Waals surface area contributed by atoms with Gasteiger partial charge in [-0.25, -0.2) is 13.1 Å². The Morgan fingerprint density at radius 2 is 1.87 bits per heavy atom. The van der Waals surface area contributed by atoms with Gasteiger partial charge in [0.25, 0.3) is 0 Å². The van der Waals surface area contributed by atoms with Crippen molar-refractivity contribution < 1.29 is 13.2 Å². The summed E-state index contributed by atoms with van der Waals surface area (Å²) in [5.74, 6) is -0.434. The third-order valence-electron chi connectivity index (χ3n) is 3.40. The van der Waals surface area contributed by atoms with E-state index in [-0.39, 0.29) is 11.4 Å². The maximum atomic E-state index is 12.2. The molecule has 2 rings (SSSR count). The first kappa shape index (κ1) is 17.2.